The van der Waals surface area contributed by atoms with Gasteiger partial charge in [0.2, 0.25) is 0 Å². The second kappa shape index (κ2) is 5.59. The lowest BCUT2D eigenvalue weighted by Crippen LogP contribution is -2.13. The highest BCUT2D eigenvalue weighted by Crippen LogP contribution is 2.16. The number of nitro groups is 1. The summed E-state index contributed by atoms with van der Waals surface area (Å²) >= 11 is 0. The monoisotopic (exact) mass is 237 g/mol. The first-order chi connectivity index (χ1) is 8.04. The van der Waals surface area contributed by atoms with E-state index in [1.807, 2.05) is 0 Å². The topological polar surface area (TPSA) is 93.8 Å². The number of benzene rings is 1. The minimum absolute atomic E-state index is 0.0547. The Labute approximate surface area is 97.2 Å². The van der Waals surface area contributed by atoms with Crippen LogP contribution < -0.4 is 5.43 Å². The average molecular weight is 237 g/mol. The van der Waals surface area contributed by atoms with E-state index in [4.69, 9.17) is 0 Å². The second-order valence-electron chi connectivity index (χ2n) is 3.11. The van der Waals surface area contributed by atoms with Crippen molar-refractivity contribution in [3.8, 4) is 0 Å². The second-order valence-corrected chi connectivity index (χ2v) is 3.11. The first-order valence-corrected chi connectivity index (χ1v) is 4.67. The molecular formula is C10H11N3O4. The van der Waals surface area contributed by atoms with E-state index in [0.717, 1.165) is 0 Å². The van der Waals surface area contributed by atoms with E-state index in [2.05, 4.69) is 15.3 Å². The third-order valence-corrected chi connectivity index (χ3v) is 1.89. The van der Waals surface area contributed by atoms with Gasteiger partial charge in [0.1, 0.15) is 5.71 Å². The smallest absolute Gasteiger partial charge is 0.353 e. The Balaban J connectivity index is 2.79. The summed E-state index contributed by atoms with van der Waals surface area (Å²) in [4.78, 5) is 21.0. The zero-order valence-electron chi connectivity index (χ0n) is 9.34. The molecule has 1 aromatic carbocycles. The molecule has 0 amide bonds. The lowest BCUT2D eigenvalue weighted by atomic mass is 10.3. The van der Waals surface area contributed by atoms with Crippen molar-refractivity contribution in [2.45, 2.75) is 6.92 Å². The molecule has 17 heavy (non-hydrogen) atoms. The number of nitrogens with zero attached hydrogens (tertiary/aromatic N) is 2. The predicted molar refractivity (Wildman–Crippen MR) is 61.8 cm³/mol. The van der Waals surface area contributed by atoms with Crippen molar-refractivity contribution in [2.75, 3.05) is 12.5 Å². The molecule has 0 saturated carbocycles. The van der Waals surface area contributed by atoms with Crippen LogP contribution in [0.15, 0.2) is 29.4 Å². The Morgan fingerprint density at radius 1 is 1.53 bits per heavy atom. The fraction of sp³-hybridized carbons (Fsp3) is 0.200. The molecule has 7 heteroatoms. The van der Waals surface area contributed by atoms with E-state index in [0.29, 0.717) is 5.69 Å². The minimum atomic E-state index is -0.567. The van der Waals surface area contributed by atoms with Crippen LogP contribution in [0.3, 0.4) is 0 Å². The Hall–Kier alpha value is -2.44. The van der Waals surface area contributed by atoms with Crippen molar-refractivity contribution < 1.29 is 14.5 Å². The molecule has 1 N–H and O–H groups in total. The number of nitro benzene ring substituents is 1. The van der Waals surface area contributed by atoms with Crippen molar-refractivity contribution in [1.82, 2.24) is 0 Å². The summed E-state index contributed by atoms with van der Waals surface area (Å²) in [5, 5.41) is 14.2. The van der Waals surface area contributed by atoms with Gasteiger partial charge >= 0.3 is 5.97 Å². The minimum Gasteiger partial charge on any atom is -0.464 e. The number of hydrazone groups is 1. The number of hydrogen-bond donors (Lipinski definition) is 1. The van der Waals surface area contributed by atoms with E-state index < -0.39 is 10.9 Å². The van der Waals surface area contributed by atoms with Gasteiger partial charge in [-0.3, -0.25) is 15.5 Å². The van der Waals surface area contributed by atoms with Crippen LogP contribution in [-0.2, 0) is 9.53 Å². The number of nitrogens with one attached hydrogen (secondary N) is 1. The SMILES string of the molecule is COC(=O)C(C)=NNc1cccc([N+](=O)[O-])c1. The quantitative estimate of drug-likeness (QED) is 0.371. The van der Waals surface area contributed by atoms with Gasteiger partial charge in [0.05, 0.1) is 17.7 Å². The van der Waals surface area contributed by atoms with Crippen molar-refractivity contribution in [1.29, 1.82) is 0 Å². The number of carbonyl (C=O) groups is 1. The van der Waals surface area contributed by atoms with Crippen LogP contribution >= 0.6 is 0 Å². The maximum atomic E-state index is 11.0. The fourth-order valence-corrected chi connectivity index (χ4v) is 1.03. The predicted octanol–water partition coefficient (Wildman–Crippen LogP) is 1.56. The van der Waals surface area contributed by atoms with Gasteiger partial charge in [-0.25, -0.2) is 4.79 Å². The van der Waals surface area contributed by atoms with Gasteiger partial charge in [-0.15, -0.1) is 0 Å². The molecule has 0 bridgehead atoms. The van der Waals surface area contributed by atoms with E-state index in [-0.39, 0.29) is 11.4 Å². The largest absolute Gasteiger partial charge is 0.464 e. The third kappa shape index (κ3) is 3.56. The summed E-state index contributed by atoms with van der Waals surface area (Å²) < 4.78 is 4.44. The fourth-order valence-electron chi connectivity index (χ4n) is 1.03. The molecule has 7 nitrogen and oxygen atoms in total. The van der Waals surface area contributed by atoms with Gasteiger partial charge in [-0.1, -0.05) is 6.07 Å². The van der Waals surface area contributed by atoms with E-state index >= 15 is 0 Å². The molecule has 0 fully saturated rings. The van der Waals surface area contributed by atoms with Gasteiger partial charge in [0.25, 0.3) is 5.69 Å². The number of ether oxygens (including phenoxy) is 1. The summed E-state index contributed by atoms with van der Waals surface area (Å²) in [6, 6.07) is 5.79. The summed E-state index contributed by atoms with van der Waals surface area (Å²) in [7, 11) is 1.24. The molecule has 1 rings (SSSR count). The summed E-state index contributed by atoms with van der Waals surface area (Å²) in [6.45, 7) is 1.47. The molecule has 0 spiro atoms. The molecule has 90 valence electrons. The lowest BCUT2D eigenvalue weighted by Gasteiger charge is -2.01. The third-order valence-electron chi connectivity index (χ3n) is 1.89. The lowest BCUT2D eigenvalue weighted by molar-refractivity contribution is -0.384. The Bertz CT molecular complexity index is 470. The molecule has 0 aliphatic heterocycles. The molecule has 0 aliphatic carbocycles. The van der Waals surface area contributed by atoms with Gasteiger partial charge < -0.3 is 4.74 Å². The number of methoxy groups -OCH3 is 1. The molecule has 0 saturated heterocycles. The molecule has 0 unspecified atom stereocenters. The first-order valence-electron chi connectivity index (χ1n) is 4.67. The standard InChI is InChI=1S/C10H11N3O4/c1-7(10(14)17-2)11-12-8-4-3-5-9(6-8)13(15)16/h3-6,12H,1-2H3. The van der Waals surface area contributed by atoms with Crippen LogP contribution in [0, 0.1) is 10.1 Å². The maximum absolute atomic E-state index is 11.0. The molecule has 0 aromatic heterocycles. The summed E-state index contributed by atoms with van der Waals surface area (Å²) in [5.74, 6) is -0.567. The van der Waals surface area contributed by atoms with Gasteiger partial charge in [-0.2, -0.15) is 5.10 Å². The number of rotatable bonds is 4. The van der Waals surface area contributed by atoms with Crippen LogP contribution in [-0.4, -0.2) is 23.7 Å². The first kappa shape index (κ1) is 12.6. The Kier molecular flexibility index (Phi) is 4.15. The summed E-state index contributed by atoms with van der Waals surface area (Å²) in [6.07, 6.45) is 0. The Morgan fingerprint density at radius 2 is 2.24 bits per heavy atom. The number of anilines is 1. The van der Waals surface area contributed by atoms with Crippen LogP contribution in [0.25, 0.3) is 0 Å². The Morgan fingerprint density at radius 3 is 2.82 bits per heavy atom. The normalized spacial score (nSPS) is 10.8. The molecule has 0 atom stereocenters. The van der Waals surface area contributed by atoms with Gasteiger partial charge in [0, 0.05) is 12.1 Å². The number of esters is 1. The van der Waals surface area contributed by atoms with E-state index in [9.17, 15) is 14.9 Å². The van der Waals surface area contributed by atoms with Crippen LogP contribution in [0.5, 0.6) is 0 Å². The van der Waals surface area contributed by atoms with Crippen LogP contribution in [0.1, 0.15) is 6.92 Å². The highest BCUT2D eigenvalue weighted by molar-refractivity contribution is 6.35. The zero-order chi connectivity index (χ0) is 12.8. The number of carbonyl (C=O) groups excluding carboxylic acids is 1. The molecular weight excluding hydrogens is 226 g/mol. The molecule has 1 aromatic rings. The molecule has 0 heterocycles. The average Bonchev–Trinajstić information content (AvgIpc) is 2.35. The summed E-state index contributed by atoms with van der Waals surface area (Å²) in [5.41, 5.74) is 3.03. The van der Waals surface area contributed by atoms with E-state index in [1.165, 1.54) is 32.2 Å². The van der Waals surface area contributed by atoms with Gasteiger partial charge in [-0.05, 0) is 13.0 Å². The molecule has 0 radical (unpaired) electrons. The van der Waals surface area contributed by atoms with Crippen LogP contribution in [0.2, 0.25) is 0 Å². The number of hydrogen-bond acceptors (Lipinski definition) is 6. The van der Waals surface area contributed by atoms with Crippen molar-refractivity contribution in [3.63, 3.8) is 0 Å². The highest BCUT2D eigenvalue weighted by atomic mass is 16.6. The van der Waals surface area contributed by atoms with Crippen molar-refractivity contribution in [3.05, 3.63) is 34.4 Å². The molecule has 0 aliphatic rings. The highest BCUT2D eigenvalue weighted by Gasteiger charge is 2.06. The maximum Gasteiger partial charge on any atom is 0.353 e. The van der Waals surface area contributed by atoms with E-state index in [1.54, 1.807) is 6.07 Å². The number of non-ortho nitro benzene ring substituents is 1. The van der Waals surface area contributed by atoms with Crippen molar-refractivity contribution >= 4 is 23.1 Å². The van der Waals surface area contributed by atoms with Crippen molar-refractivity contribution in [2.24, 2.45) is 5.10 Å². The van der Waals surface area contributed by atoms with Crippen LogP contribution in [0.4, 0.5) is 11.4 Å². The van der Waals surface area contributed by atoms with Gasteiger partial charge in [0.15, 0.2) is 0 Å². The zero-order valence-corrected chi connectivity index (χ0v) is 9.34.